The van der Waals surface area contributed by atoms with Crippen LogP contribution in [0.5, 0.6) is 0 Å². The lowest BCUT2D eigenvalue weighted by atomic mass is 9.85. The highest BCUT2D eigenvalue weighted by Gasteiger charge is 2.41. The van der Waals surface area contributed by atoms with Crippen LogP contribution in [-0.2, 0) is 9.53 Å². The summed E-state index contributed by atoms with van der Waals surface area (Å²) < 4.78 is 42.6. The molecule has 2 rings (SSSR count). The van der Waals surface area contributed by atoms with Gasteiger partial charge in [-0.15, -0.1) is 0 Å². The maximum absolute atomic E-state index is 12.5. The van der Waals surface area contributed by atoms with Crippen LogP contribution < -0.4 is 5.32 Å². The number of halogens is 3. The third kappa shape index (κ3) is 3.37. The first-order chi connectivity index (χ1) is 8.47. The Labute approximate surface area is 104 Å². The quantitative estimate of drug-likeness (QED) is 0.832. The Hall–Kier alpha value is -0.780. The van der Waals surface area contributed by atoms with Gasteiger partial charge in [-0.1, -0.05) is 0 Å². The van der Waals surface area contributed by atoms with E-state index in [1.165, 1.54) is 0 Å². The van der Waals surface area contributed by atoms with Gasteiger partial charge in [-0.3, -0.25) is 4.79 Å². The fraction of sp³-hybridized carbons (Fsp3) is 0.917. The molecule has 6 heteroatoms. The molecule has 1 aliphatic carbocycles. The zero-order valence-electron chi connectivity index (χ0n) is 10.1. The summed E-state index contributed by atoms with van der Waals surface area (Å²) >= 11 is 0. The second-order valence-corrected chi connectivity index (χ2v) is 5.10. The highest BCUT2D eigenvalue weighted by atomic mass is 19.4. The van der Waals surface area contributed by atoms with Crippen LogP contribution >= 0.6 is 0 Å². The lowest BCUT2D eigenvalue weighted by Crippen LogP contribution is -2.44. The van der Waals surface area contributed by atoms with Crippen LogP contribution in [0.25, 0.3) is 0 Å². The normalized spacial score (nSPS) is 33.4. The number of alkyl halides is 3. The summed E-state index contributed by atoms with van der Waals surface area (Å²) in [4.78, 5) is 11.7. The van der Waals surface area contributed by atoms with Crippen molar-refractivity contribution in [2.45, 2.75) is 56.8 Å². The maximum Gasteiger partial charge on any atom is 0.391 e. The minimum Gasteiger partial charge on any atom is -0.368 e. The lowest BCUT2D eigenvalue weighted by molar-refractivity contribution is -0.182. The van der Waals surface area contributed by atoms with Crippen molar-refractivity contribution in [3.05, 3.63) is 0 Å². The van der Waals surface area contributed by atoms with E-state index in [1.807, 2.05) is 0 Å². The Kier molecular flexibility index (Phi) is 4.14. The first-order valence-electron chi connectivity index (χ1n) is 6.45. The monoisotopic (exact) mass is 265 g/mol. The zero-order valence-corrected chi connectivity index (χ0v) is 10.1. The first-order valence-corrected chi connectivity index (χ1v) is 6.45. The Morgan fingerprint density at radius 2 is 1.78 bits per heavy atom. The van der Waals surface area contributed by atoms with Gasteiger partial charge in [-0.05, 0) is 38.5 Å². The number of hydrogen-bond donors (Lipinski definition) is 1. The number of amides is 1. The molecule has 0 radical (unpaired) electrons. The van der Waals surface area contributed by atoms with E-state index in [-0.39, 0.29) is 24.8 Å². The average Bonchev–Trinajstić information content (AvgIpc) is 2.82. The van der Waals surface area contributed by atoms with E-state index < -0.39 is 18.2 Å². The summed E-state index contributed by atoms with van der Waals surface area (Å²) in [6, 6.07) is -0.125. The topological polar surface area (TPSA) is 38.3 Å². The average molecular weight is 265 g/mol. The van der Waals surface area contributed by atoms with Crippen molar-refractivity contribution in [1.29, 1.82) is 0 Å². The van der Waals surface area contributed by atoms with E-state index in [4.69, 9.17) is 4.74 Å². The van der Waals surface area contributed by atoms with Crippen molar-refractivity contribution < 1.29 is 22.7 Å². The summed E-state index contributed by atoms with van der Waals surface area (Å²) in [5.41, 5.74) is 0. The van der Waals surface area contributed by atoms with Crippen LogP contribution in [0, 0.1) is 5.92 Å². The van der Waals surface area contributed by atoms with Crippen molar-refractivity contribution >= 4 is 5.91 Å². The molecule has 2 fully saturated rings. The predicted molar refractivity (Wildman–Crippen MR) is 58.9 cm³/mol. The summed E-state index contributed by atoms with van der Waals surface area (Å²) in [6.07, 6.45) is -1.87. The number of ether oxygens (including phenoxy) is 1. The fourth-order valence-electron chi connectivity index (χ4n) is 2.64. The Morgan fingerprint density at radius 3 is 2.28 bits per heavy atom. The molecule has 1 N–H and O–H groups in total. The minimum absolute atomic E-state index is 0.111. The van der Waals surface area contributed by atoms with E-state index in [1.54, 1.807) is 0 Å². The van der Waals surface area contributed by atoms with Crippen molar-refractivity contribution in [3.8, 4) is 0 Å². The van der Waals surface area contributed by atoms with Gasteiger partial charge in [0, 0.05) is 12.6 Å². The molecule has 1 saturated carbocycles. The van der Waals surface area contributed by atoms with E-state index >= 15 is 0 Å². The van der Waals surface area contributed by atoms with Gasteiger partial charge in [0.05, 0.1) is 5.92 Å². The van der Waals surface area contributed by atoms with E-state index in [2.05, 4.69) is 5.32 Å². The fourth-order valence-corrected chi connectivity index (χ4v) is 2.64. The molecular weight excluding hydrogens is 247 g/mol. The van der Waals surface area contributed by atoms with Gasteiger partial charge in [0.25, 0.3) is 0 Å². The molecule has 18 heavy (non-hydrogen) atoms. The summed E-state index contributed by atoms with van der Waals surface area (Å²) in [7, 11) is 0. The van der Waals surface area contributed by atoms with Crippen LogP contribution in [0.2, 0.25) is 0 Å². The molecule has 1 atom stereocenters. The third-order valence-corrected chi connectivity index (χ3v) is 3.76. The molecule has 0 unspecified atom stereocenters. The second kappa shape index (κ2) is 5.47. The standard InChI is InChI=1S/C12H18F3NO2/c13-12(14,15)8-3-5-9(6-4-8)16-11(17)10-2-1-7-18-10/h8-10H,1-7H2,(H,16,17)/t8?,9?,10-/m1/s1. The first kappa shape index (κ1) is 13.6. The summed E-state index contributed by atoms with van der Waals surface area (Å²) in [5.74, 6) is -1.36. The molecule has 2 aliphatic rings. The van der Waals surface area contributed by atoms with Crippen LogP contribution in [-0.4, -0.2) is 30.8 Å². The minimum atomic E-state index is -4.09. The lowest BCUT2D eigenvalue weighted by Gasteiger charge is -2.30. The van der Waals surface area contributed by atoms with Gasteiger partial charge < -0.3 is 10.1 Å². The highest BCUT2D eigenvalue weighted by Crippen LogP contribution is 2.37. The van der Waals surface area contributed by atoms with Gasteiger partial charge in [0.2, 0.25) is 5.91 Å². The molecule has 0 aromatic carbocycles. The number of carbonyl (C=O) groups is 1. The molecule has 1 aliphatic heterocycles. The van der Waals surface area contributed by atoms with Crippen LogP contribution in [0.1, 0.15) is 38.5 Å². The van der Waals surface area contributed by atoms with Crippen LogP contribution in [0.3, 0.4) is 0 Å². The number of nitrogens with one attached hydrogen (secondary N) is 1. The molecule has 0 aromatic rings. The molecule has 1 saturated heterocycles. The van der Waals surface area contributed by atoms with Crippen molar-refractivity contribution in [3.63, 3.8) is 0 Å². The second-order valence-electron chi connectivity index (χ2n) is 5.10. The summed E-state index contributed by atoms with van der Waals surface area (Å²) in [5, 5.41) is 2.80. The largest absolute Gasteiger partial charge is 0.391 e. The Balaban J connectivity index is 1.75. The number of carbonyl (C=O) groups excluding carboxylic acids is 1. The van der Waals surface area contributed by atoms with E-state index in [0.29, 0.717) is 25.9 Å². The van der Waals surface area contributed by atoms with E-state index in [9.17, 15) is 18.0 Å². The van der Waals surface area contributed by atoms with Gasteiger partial charge in [-0.25, -0.2) is 0 Å². The van der Waals surface area contributed by atoms with Crippen molar-refractivity contribution in [1.82, 2.24) is 5.32 Å². The molecule has 1 amide bonds. The van der Waals surface area contributed by atoms with Gasteiger partial charge in [0.1, 0.15) is 6.10 Å². The molecule has 0 aromatic heterocycles. The van der Waals surface area contributed by atoms with Gasteiger partial charge in [-0.2, -0.15) is 13.2 Å². The number of rotatable bonds is 2. The zero-order chi connectivity index (χ0) is 13.2. The molecule has 0 bridgehead atoms. The van der Waals surface area contributed by atoms with E-state index in [0.717, 1.165) is 6.42 Å². The molecular formula is C12H18F3NO2. The molecule has 0 spiro atoms. The third-order valence-electron chi connectivity index (χ3n) is 3.76. The van der Waals surface area contributed by atoms with Crippen molar-refractivity contribution in [2.24, 2.45) is 5.92 Å². The van der Waals surface area contributed by atoms with Gasteiger partial charge >= 0.3 is 6.18 Å². The molecule has 1 heterocycles. The Bertz CT molecular complexity index is 292. The smallest absolute Gasteiger partial charge is 0.368 e. The maximum atomic E-state index is 12.5. The Morgan fingerprint density at radius 1 is 1.11 bits per heavy atom. The number of hydrogen-bond acceptors (Lipinski definition) is 2. The van der Waals surface area contributed by atoms with Crippen molar-refractivity contribution in [2.75, 3.05) is 6.61 Å². The molecule has 104 valence electrons. The summed E-state index contributed by atoms with van der Waals surface area (Å²) in [6.45, 7) is 0.596. The van der Waals surface area contributed by atoms with Gasteiger partial charge in [0.15, 0.2) is 0 Å². The highest BCUT2D eigenvalue weighted by molar-refractivity contribution is 5.81. The van der Waals surface area contributed by atoms with Crippen LogP contribution in [0.4, 0.5) is 13.2 Å². The molecule has 3 nitrogen and oxygen atoms in total. The predicted octanol–water partition coefficient (Wildman–Crippen LogP) is 2.40. The van der Waals surface area contributed by atoms with Crippen LogP contribution in [0.15, 0.2) is 0 Å². The SMILES string of the molecule is O=C(NC1CCC(C(F)(F)F)CC1)[C@H]1CCCO1.